The number of aliphatic imine (C=N–C) groups is 1. The fourth-order valence-corrected chi connectivity index (χ4v) is 0.246. The summed E-state index contributed by atoms with van der Waals surface area (Å²) in [6, 6.07) is -0.164. The lowest BCUT2D eigenvalue weighted by Gasteiger charge is -1.87. The van der Waals surface area contributed by atoms with Crippen molar-refractivity contribution >= 4 is 6.21 Å². The Morgan fingerprint density at radius 2 is 2.83 bits per heavy atom. The molecule has 0 amide bonds. The van der Waals surface area contributed by atoms with Gasteiger partial charge in [-0.2, -0.15) is 0 Å². The zero-order valence-corrected chi connectivity index (χ0v) is 3.18. The lowest BCUT2D eigenvalue weighted by molar-refractivity contribution is 1.08. The van der Waals surface area contributed by atoms with Crippen LogP contribution in [0.2, 0.25) is 0 Å². The van der Waals surface area contributed by atoms with Gasteiger partial charge in [-0.25, -0.2) is 0 Å². The minimum atomic E-state index is -0.926. The molecule has 0 aromatic heterocycles. The SMILES string of the molecule is [2H]C1=C([2H])C([2H])C([2H])C=N1. The first kappa shape index (κ1) is 1.19. The molecule has 2 unspecified atom stereocenters. The van der Waals surface area contributed by atoms with Gasteiger partial charge in [0.25, 0.3) is 0 Å². The van der Waals surface area contributed by atoms with Gasteiger partial charge in [0.1, 0.15) is 0 Å². The molecular weight excluding hydrogens is 74.1 g/mol. The van der Waals surface area contributed by atoms with Crippen LogP contribution in [0.25, 0.3) is 0 Å². The fraction of sp³-hybridized carbons (Fsp3) is 0.400. The molecular formula is C5H7N. The monoisotopic (exact) mass is 85.1 g/mol. The van der Waals surface area contributed by atoms with Crippen LogP contribution in [-0.2, 0) is 0 Å². The van der Waals surface area contributed by atoms with Gasteiger partial charge in [0.05, 0.1) is 2.74 Å². The van der Waals surface area contributed by atoms with E-state index < -0.39 is 12.8 Å². The Hall–Kier alpha value is -0.590. The van der Waals surface area contributed by atoms with Crippen LogP contribution in [0.5, 0.6) is 0 Å². The Morgan fingerprint density at radius 1 is 1.83 bits per heavy atom. The molecule has 0 bridgehead atoms. The van der Waals surface area contributed by atoms with Gasteiger partial charge in [0, 0.05) is 15.1 Å². The molecule has 0 radical (unpaired) electrons. The van der Waals surface area contributed by atoms with Crippen LogP contribution >= 0.6 is 0 Å². The molecule has 1 aliphatic rings. The van der Waals surface area contributed by atoms with E-state index in [0.29, 0.717) is 0 Å². The molecule has 1 heteroatoms. The number of nitrogens with zero attached hydrogens (tertiary/aromatic N) is 1. The van der Waals surface area contributed by atoms with Crippen molar-refractivity contribution in [3.8, 4) is 0 Å². The van der Waals surface area contributed by atoms with Crippen LogP contribution in [0.3, 0.4) is 0 Å². The topological polar surface area (TPSA) is 12.4 Å². The summed E-state index contributed by atoms with van der Waals surface area (Å²) >= 11 is 0. The van der Waals surface area contributed by atoms with Crippen molar-refractivity contribution in [3.05, 3.63) is 12.2 Å². The molecule has 1 rings (SSSR count). The van der Waals surface area contributed by atoms with Crippen LogP contribution in [0.1, 0.15) is 18.3 Å². The van der Waals surface area contributed by atoms with E-state index in [1.165, 1.54) is 6.21 Å². The molecule has 0 saturated heterocycles. The van der Waals surface area contributed by atoms with Crippen molar-refractivity contribution in [2.75, 3.05) is 0 Å². The maximum Gasteiger partial charge on any atom is 0.0836 e. The number of rotatable bonds is 0. The summed E-state index contributed by atoms with van der Waals surface area (Å²) in [7, 11) is 0. The lowest BCUT2D eigenvalue weighted by Crippen LogP contribution is -1.75. The van der Waals surface area contributed by atoms with Crippen LogP contribution in [0.15, 0.2) is 17.2 Å². The Balaban J connectivity index is 2.88. The van der Waals surface area contributed by atoms with E-state index >= 15 is 0 Å². The second kappa shape index (κ2) is 1.75. The molecule has 6 heavy (non-hydrogen) atoms. The van der Waals surface area contributed by atoms with E-state index in [0.717, 1.165) is 0 Å². The Labute approximate surface area is 43.0 Å². The molecule has 0 fully saturated rings. The van der Waals surface area contributed by atoms with Gasteiger partial charge < -0.3 is 0 Å². The summed E-state index contributed by atoms with van der Waals surface area (Å²) in [5.41, 5.74) is 0. The van der Waals surface area contributed by atoms with Crippen molar-refractivity contribution in [3.63, 3.8) is 0 Å². The molecule has 1 nitrogen and oxygen atoms in total. The van der Waals surface area contributed by atoms with Gasteiger partial charge in [0.15, 0.2) is 0 Å². The first-order chi connectivity index (χ1) is 4.63. The van der Waals surface area contributed by atoms with E-state index in [-0.39, 0.29) is 12.2 Å². The Kier molecular flexibility index (Phi) is 0.347. The lowest BCUT2D eigenvalue weighted by atomic mass is 10.3. The third-order valence-corrected chi connectivity index (χ3v) is 0.469. The molecule has 1 heterocycles. The van der Waals surface area contributed by atoms with Crippen LogP contribution < -0.4 is 0 Å². The smallest absolute Gasteiger partial charge is 0.0836 e. The van der Waals surface area contributed by atoms with Crippen molar-refractivity contribution in [2.45, 2.75) is 12.8 Å². The van der Waals surface area contributed by atoms with Gasteiger partial charge >= 0.3 is 0 Å². The molecule has 0 aromatic rings. The van der Waals surface area contributed by atoms with Crippen molar-refractivity contribution < 1.29 is 5.48 Å². The summed E-state index contributed by atoms with van der Waals surface area (Å²) in [6.07, 6.45) is -0.673. The fourth-order valence-electron chi connectivity index (χ4n) is 0.246. The Morgan fingerprint density at radius 3 is 3.67 bits per heavy atom. The first-order valence-electron chi connectivity index (χ1n) is 3.84. The molecule has 0 aromatic carbocycles. The molecule has 0 spiro atoms. The van der Waals surface area contributed by atoms with Crippen molar-refractivity contribution in [1.29, 1.82) is 0 Å². The second-order valence-electron chi connectivity index (χ2n) is 0.893. The quantitative estimate of drug-likeness (QED) is 0.421. The first-order valence-corrected chi connectivity index (χ1v) is 1.69. The van der Waals surface area contributed by atoms with E-state index in [9.17, 15) is 0 Å². The normalized spacial score (nSPS) is 56.0. The van der Waals surface area contributed by atoms with Crippen LogP contribution in [-0.4, -0.2) is 6.21 Å². The third kappa shape index (κ3) is 0.677. The molecule has 0 saturated carbocycles. The molecule has 0 aliphatic carbocycles. The number of hydrogen-bond donors (Lipinski definition) is 0. The van der Waals surface area contributed by atoms with Crippen LogP contribution in [0, 0.1) is 0 Å². The molecule has 1 aliphatic heterocycles. The van der Waals surface area contributed by atoms with E-state index in [4.69, 9.17) is 5.48 Å². The summed E-state index contributed by atoms with van der Waals surface area (Å²) in [4.78, 5) is 3.47. The average molecular weight is 85.1 g/mol. The second-order valence-corrected chi connectivity index (χ2v) is 0.893. The predicted molar refractivity (Wildman–Crippen MR) is 26.9 cm³/mol. The highest BCUT2D eigenvalue weighted by Gasteiger charge is 1.78. The maximum atomic E-state index is 7.17. The molecule has 2 atom stereocenters. The standard InChI is InChI=1S/C5H7N/c1-2-4-6-5-3-1/h2,4-5H,1,3H2/i1D,2D,3D,4D. The average Bonchev–Trinajstić information content (AvgIpc) is 1.93. The van der Waals surface area contributed by atoms with Crippen molar-refractivity contribution in [2.24, 2.45) is 4.99 Å². The largest absolute Gasteiger partial charge is 0.269 e. The van der Waals surface area contributed by atoms with E-state index in [2.05, 4.69) is 4.99 Å². The zero-order valence-electron chi connectivity index (χ0n) is 7.18. The zero-order chi connectivity index (χ0) is 7.72. The summed E-state index contributed by atoms with van der Waals surface area (Å²) < 4.78 is 28.4. The minimum absolute atomic E-state index is 0.164. The summed E-state index contributed by atoms with van der Waals surface area (Å²) in [6.45, 7) is 0. The predicted octanol–water partition coefficient (Wildman–Crippen LogP) is 1.36. The van der Waals surface area contributed by atoms with Gasteiger partial charge in [-0.1, -0.05) is 6.05 Å². The number of allylic oxidation sites excluding steroid dienone is 1. The van der Waals surface area contributed by atoms with E-state index in [1.54, 1.807) is 0 Å². The van der Waals surface area contributed by atoms with Crippen LogP contribution in [0.4, 0.5) is 0 Å². The van der Waals surface area contributed by atoms with E-state index in [1.807, 2.05) is 0 Å². The maximum absolute atomic E-state index is 7.17. The highest BCUT2D eigenvalue weighted by molar-refractivity contribution is 5.59. The molecule has 32 valence electrons. The highest BCUT2D eigenvalue weighted by atomic mass is 14.7. The van der Waals surface area contributed by atoms with Crippen molar-refractivity contribution in [1.82, 2.24) is 0 Å². The van der Waals surface area contributed by atoms with Gasteiger partial charge in [-0.05, 0) is 12.8 Å². The summed E-state index contributed by atoms with van der Waals surface area (Å²) in [5.74, 6) is 0. The van der Waals surface area contributed by atoms with Gasteiger partial charge in [-0.15, -0.1) is 0 Å². The van der Waals surface area contributed by atoms with Gasteiger partial charge in [-0.3, -0.25) is 4.99 Å². The highest BCUT2D eigenvalue weighted by Crippen LogP contribution is 1.92. The van der Waals surface area contributed by atoms with Gasteiger partial charge in [0.2, 0.25) is 0 Å². The number of hydrogen-bond acceptors (Lipinski definition) is 1. The summed E-state index contributed by atoms with van der Waals surface area (Å²) in [5, 5.41) is 0. The third-order valence-electron chi connectivity index (χ3n) is 0.469. The Bertz CT molecular complexity index is 198. The minimum Gasteiger partial charge on any atom is -0.269 e. The molecule has 0 N–H and O–H groups in total.